The molecule has 4 atom stereocenters. The van der Waals surface area contributed by atoms with E-state index in [1.807, 2.05) is 0 Å². The van der Waals surface area contributed by atoms with E-state index < -0.39 is 5.54 Å². The van der Waals surface area contributed by atoms with Crippen LogP contribution in [0.1, 0.15) is 44.9 Å². The number of amides is 1. The fourth-order valence-corrected chi connectivity index (χ4v) is 4.32. The first-order valence-electron chi connectivity index (χ1n) is 8.12. The van der Waals surface area contributed by atoms with Gasteiger partial charge in [-0.1, -0.05) is 0 Å². The number of ether oxygens (including phenoxy) is 1. The molecule has 2 aliphatic heterocycles. The van der Waals surface area contributed by atoms with Gasteiger partial charge in [0.05, 0.1) is 17.7 Å². The summed E-state index contributed by atoms with van der Waals surface area (Å²) in [6.07, 6.45) is 8.52. The molecule has 2 aliphatic carbocycles. The van der Waals surface area contributed by atoms with Crippen molar-refractivity contribution in [2.45, 2.75) is 74.8 Å². The molecule has 4 aliphatic rings. The standard InChI is InChI=1S/C15H25N3O2/c16-14(19)15(17-10-1-2-10)6-5-11(7-15)18-8-12-3-4-13(9-18)20-12/h10-13,17H,1-9H2,(H2,16,19). The second-order valence-corrected chi connectivity index (χ2v) is 7.17. The minimum absolute atomic E-state index is 0.150. The molecular weight excluding hydrogens is 254 g/mol. The van der Waals surface area contributed by atoms with Crippen molar-refractivity contribution in [1.29, 1.82) is 0 Å². The predicted molar refractivity (Wildman–Crippen MR) is 75.2 cm³/mol. The Balaban J connectivity index is 1.44. The molecule has 0 aromatic rings. The zero-order valence-electron chi connectivity index (χ0n) is 12.0. The zero-order valence-corrected chi connectivity index (χ0v) is 12.0. The number of hydrogen-bond donors (Lipinski definition) is 2. The van der Waals surface area contributed by atoms with Crippen LogP contribution in [-0.2, 0) is 9.53 Å². The van der Waals surface area contributed by atoms with Gasteiger partial charge in [0.15, 0.2) is 0 Å². The van der Waals surface area contributed by atoms with Gasteiger partial charge >= 0.3 is 0 Å². The Kier molecular flexibility index (Phi) is 3.05. The summed E-state index contributed by atoms with van der Waals surface area (Å²) in [4.78, 5) is 14.5. The largest absolute Gasteiger partial charge is 0.372 e. The fraction of sp³-hybridized carbons (Fsp3) is 0.933. The van der Waals surface area contributed by atoms with Crippen molar-refractivity contribution in [2.75, 3.05) is 13.1 Å². The monoisotopic (exact) mass is 279 g/mol. The molecule has 0 aromatic carbocycles. The van der Waals surface area contributed by atoms with Crippen LogP contribution in [0.25, 0.3) is 0 Å². The number of rotatable bonds is 4. The Morgan fingerprint density at radius 3 is 2.45 bits per heavy atom. The van der Waals surface area contributed by atoms with Gasteiger partial charge in [0, 0.05) is 25.2 Å². The van der Waals surface area contributed by atoms with Crippen LogP contribution in [0.5, 0.6) is 0 Å². The van der Waals surface area contributed by atoms with E-state index in [1.165, 1.54) is 25.7 Å². The number of hydrogen-bond acceptors (Lipinski definition) is 4. The van der Waals surface area contributed by atoms with Crippen LogP contribution < -0.4 is 11.1 Å². The number of likely N-dealkylation sites (tertiary alicyclic amines) is 1. The van der Waals surface area contributed by atoms with Crippen molar-refractivity contribution in [3.63, 3.8) is 0 Å². The summed E-state index contributed by atoms with van der Waals surface area (Å²) >= 11 is 0. The molecule has 4 rings (SSSR count). The van der Waals surface area contributed by atoms with E-state index in [1.54, 1.807) is 0 Å². The number of nitrogens with one attached hydrogen (secondary N) is 1. The minimum Gasteiger partial charge on any atom is -0.372 e. The SMILES string of the molecule is NC(=O)C1(NC2CC2)CCC(N2CC3CCC(C2)O3)C1. The van der Waals surface area contributed by atoms with Gasteiger partial charge < -0.3 is 15.8 Å². The van der Waals surface area contributed by atoms with Crippen LogP contribution in [0, 0.1) is 0 Å². The van der Waals surface area contributed by atoms with Gasteiger partial charge in [-0.05, 0) is 44.9 Å². The number of nitrogens with zero attached hydrogens (tertiary/aromatic N) is 1. The van der Waals surface area contributed by atoms with Gasteiger partial charge in [0.1, 0.15) is 0 Å². The second kappa shape index (κ2) is 4.68. The van der Waals surface area contributed by atoms with Crippen LogP contribution in [0.3, 0.4) is 0 Å². The molecule has 2 saturated carbocycles. The van der Waals surface area contributed by atoms with Crippen molar-refractivity contribution in [2.24, 2.45) is 5.73 Å². The molecule has 0 spiro atoms. The molecule has 1 amide bonds. The Morgan fingerprint density at radius 2 is 1.85 bits per heavy atom. The first-order chi connectivity index (χ1) is 9.64. The predicted octanol–water partition coefficient (Wildman–Crippen LogP) is 0.378. The maximum Gasteiger partial charge on any atom is 0.237 e. The molecule has 2 saturated heterocycles. The third-order valence-corrected chi connectivity index (χ3v) is 5.61. The topological polar surface area (TPSA) is 67.6 Å². The highest BCUT2D eigenvalue weighted by Gasteiger charge is 2.49. The molecule has 2 heterocycles. The molecule has 5 nitrogen and oxygen atoms in total. The summed E-state index contributed by atoms with van der Waals surface area (Å²) in [5, 5.41) is 3.54. The number of carbonyl (C=O) groups is 1. The lowest BCUT2D eigenvalue weighted by Crippen LogP contribution is -2.56. The first kappa shape index (κ1) is 13.0. The van der Waals surface area contributed by atoms with E-state index in [-0.39, 0.29) is 5.91 Å². The normalized spacial score (nSPS) is 44.9. The highest BCUT2D eigenvalue weighted by molar-refractivity contribution is 5.85. The molecule has 4 fully saturated rings. The summed E-state index contributed by atoms with van der Waals surface area (Å²) in [5.74, 6) is -0.150. The van der Waals surface area contributed by atoms with Gasteiger partial charge in [-0.2, -0.15) is 0 Å². The number of primary amides is 1. The summed E-state index contributed by atoms with van der Waals surface area (Å²) < 4.78 is 5.91. The minimum atomic E-state index is -0.441. The van der Waals surface area contributed by atoms with Crippen LogP contribution in [-0.4, -0.2) is 53.7 Å². The number of morpholine rings is 1. The second-order valence-electron chi connectivity index (χ2n) is 7.17. The van der Waals surface area contributed by atoms with Crippen LogP contribution in [0.15, 0.2) is 0 Å². The molecule has 5 heteroatoms. The molecule has 0 radical (unpaired) electrons. The fourth-order valence-electron chi connectivity index (χ4n) is 4.32. The molecule has 20 heavy (non-hydrogen) atoms. The molecule has 0 aromatic heterocycles. The molecular formula is C15H25N3O2. The summed E-state index contributed by atoms with van der Waals surface area (Å²) in [6.45, 7) is 2.08. The number of nitrogens with two attached hydrogens (primary N) is 1. The van der Waals surface area contributed by atoms with Crippen LogP contribution in [0.2, 0.25) is 0 Å². The van der Waals surface area contributed by atoms with E-state index >= 15 is 0 Å². The van der Waals surface area contributed by atoms with Crippen molar-refractivity contribution in [3.8, 4) is 0 Å². The van der Waals surface area contributed by atoms with Crippen molar-refractivity contribution < 1.29 is 9.53 Å². The van der Waals surface area contributed by atoms with Crippen molar-refractivity contribution in [3.05, 3.63) is 0 Å². The van der Waals surface area contributed by atoms with E-state index in [0.717, 1.165) is 32.4 Å². The third kappa shape index (κ3) is 2.26. The lowest BCUT2D eigenvalue weighted by Gasteiger charge is -2.37. The van der Waals surface area contributed by atoms with Crippen LogP contribution >= 0.6 is 0 Å². The highest BCUT2D eigenvalue weighted by Crippen LogP contribution is 2.38. The van der Waals surface area contributed by atoms with Gasteiger partial charge in [0.25, 0.3) is 0 Å². The van der Waals surface area contributed by atoms with E-state index in [4.69, 9.17) is 10.5 Å². The lowest BCUT2D eigenvalue weighted by atomic mass is 9.95. The Hall–Kier alpha value is -0.650. The lowest BCUT2D eigenvalue weighted by molar-refractivity contribution is -0.124. The maximum atomic E-state index is 12.0. The molecule has 3 N–H and O–H groups in total. The maximum absolute atomic E-state index is 12.0. The molecule has 112 valence electrons. The average Bonchev–Trinajstić information content (AvgIpc) is 3.01. The Labute approximate surface area is 120 Å². The summed E-state index contributed by atoms with van der Waals surface area (Å²) in [6, 6.07) is 1.03. The van der Waals surface area contributed by atoms with E-state index in [9.17, 15) is 4.79 Å². The third-order valence-electron chi connectivity index (χ3n) is 5.61. The van der Waals surface area contributed by atoms with Gasteiger partial charge in [-0.15, -0.1) is 0 Å². The van der Waals surface area contributed by atoms with Gasteiger partial charge in [-0.25, -0.2) is 0 Å². The quantitative estimate of drug-likeness (QED) is 0.780. The van der Waals surface area contributed by atoms with E-state index in [2.05, 4.69) is 10.2 Å². The van der Waals surface area contributed by atoms with Crippen molar-refractivity contribution in [1.82, 2.24) is 10.2 Å². The highest BCUT2D eigenvalue weighted by atomic mass is 16.5. The first-order valence-corrected chi connectivity index (χ1v) is 8.12. The Morgan fingerprint density at radius 1 is 1.15 bits per heavy atom. The van der Waals surface area contributed by atoms with Gasteiger partial charge in [0.2, 0.25) is 5.91 Å². The molecule has 2 bridgehead atoms. The van der Waals surface area contributed by atoms with Crippen LogP contribution in [0.4, 0.5) is 0 Å². The number of carbonyl (C=O) groups excluding carboxylic acids is 1. The van der Waals surface area contributed by atoms with Gasteiger partial charge in [-0.3, -0.25) is 9.69 Å². The zero-order chi connectivity index (χ0) is 13.7. The average molecular weight is 279 g/mol. The smallest absolute Gasteiger partial charge is 0.237 e. The molecule has 4 unspecified atom stereocenters. The number of fused-ring (bicyclic) bond motifs is 2. The summed E-state index contributed by atoms with van der Waals surface area (Å²) in [7, 11) is 0. The van der Waals surface area contributed by atoms with E-state index in [0.29, 0.717) is 24.3 Å². The van der Waals surface area contributed by atoms with Crippen molar-refractivity contribution >= 4 is 5.91 Å². The summed E-state index contributed by atoms with van der Waals surface area (Å²) in [5.41, 5.74) is 5.28. The Bertz CT molecular complexity index is 400.